The molecule has 0 saturated carbocycles. The molecule has 8 heteroatoms. The van der Waals surface area contributed by atoms with Gasteiger partial charge in [0.25, 0.3) is 5.91 Å². The zero-order valence-electron chi connectivity index (χ0n) is 16.5. The lowest BCUT2D eigenvalue weighted by Crippen LogP contribution is -2.34. The maximum Gasteiger partial charge on any atom is 0.257 e. The third-order valence-electron chi connectivity index (χ3n) is 4.39. The van der Waals surface area contributed by atoms with Crippen molar-refractivity contribution in [3.63, 3.8) is 0 Å². The van der Waals surface area contributed by atoms with E-state index in [9.17, 15) is 4.79 Å². The highest BCUT2D eigenvalue weighted by molar-refractivity contribution is 7.80. The average molecular weight is 468 g/mol. The maximum atomic E-state index is 12.5. The maximum absolute atomic E-state index is 12.5. The van der Waals surface area contributed by atoms with E-state index in [-0.39, 0.29) is 11.0 Å². The first-order valence-corrected chi connectivity index (χ1v) is 11.1. The second-order valence-electron chi connectivity index (χ2n) is 6.55. The highest BCUT2D eigenvalue weighted by Gasteiger charge is 2.12. The van der Waals surface area contributed by atoms with Crippen molar-refractivity contribution in [3.05, 3.63) is 77.3 Å². The number of hydrogen-bond donors (Lipinski definition) is 2. The molecule has 0 aliphatic rings. The Hall–Kier alpha value is -3.00. The number of halogens is 1. The molecule has 0 spiro atoms. The van der Waals surface area contributed by atoms with E-state index >= 15 is 0 Å². The molecule has 0 bridgehead atoms. The van der Waals surface area contributed by atoms with E-state index in [1.807, 2.05) is 43.3 Å². The summed E-state index contributed by atoms with van der Waals surface area (Å²) in [6.45, 7) is 2.41. The number of carbonyl (C=O) groups is 1. The molecule has 0 unspecified atom stereocenters. The van der Waals surface area contributed by atoms with Crippen LogP contribution in [0, 0.1) is 0 Å². The molecule has 1 aromatic heterocycles. The lowest BCUT2D eigenvalue weighted by atomic mass is 10.2. The van der Waals surface area contributed by atoms with E-state index in [1.54, 1.807) is 41.7 Å². The molecule has 31 heavy (non-hydrogen) atoms. The number of nitrogens with one attached hydrogen (secondary N) is 2. The van der Waals surface area contributed by atoms with E-state index in [0.29, 0.717) is 28.6 Å². The number of ether oxygens (including phenoxy) is 1. The number of anilines is 1. The Balaban J connectivity index is 1.44. The predicted octanol–water partition coefficient (Wildman–Crippen LogP) is 6.14. The minimum atomic E-state index is -0.323. The quantitative estimate of drug-likeness (QED) is 0.345. The first-order valence-electron chi connectivity index (χ1n) is 9.54. The van der Waals surface area contributed by atoms with E-state index in [1.165, 1.54) is 0 Å². The summed E-state index contributed by atoms with van der Waals surface area (Å²) in [4.78, 5) is 17.1. The number of amides is 1. The lowest BCUT2D eigenvalue weighted by Gasteiger charge is -2.11. The fraction of sp³-hybridized carbons (Fsp3) is 0.0870. The largest absolute Gasteiger partial charge is 0.494 e. The number of nitrogens with zero attached hydrogens (tertiary/aromatic N) is 1. The second kappa shape index (κ2) is 9.43. The van der Waals surface area contributed by atoms with Crippen LogP contribution in [0.4, 0.5) is 5.69 Å². The van der Waals surface area contributed by atoms with Gasteiger partial charge in [0.1, 0.15) is 10.8 Å². The van der Waals surface area contributed by atoms with Crippen LogP contribution in [-0.2, 0) is 0 Å². The van der Waals surface area contributed by atoms with Gasteiger partial charge in [0.15, 0.2) is 5.11 Å². The topological polar surface area (TPSA) is 63.2 Å². The molecule has 0 fully saturated rings. The Bertz CT molecular complexity index is 1240. The van der Waals surface area contributed by atoms with Gasteiger partial charge in [-0.3, -0.25) is 10.1 Å². The van der Waals surface area contributed by atoms with Gasteiger partial charge in [0.05, 0.1) is 21.8 Å². The minimum Gasteiger partial charge on any atom is -0.494 e. The molecule has 0 aliphatic carbocycles. The van der Waals surface area contributed by atoms with Gasteiger partial charge in [0.2, 0.25) is 0 Å². The molecule has 4 aromatic rings. The van der Waals surface area contributed by atoms with Crippen molar-refractivity contribution >= 4 is 62.1 Å². The van der Waals surface area contributed by atoms with E-state index < -0.39 is 0 Å². The Morgan fingerprint density at radius 2 is 1.97 bits per heavy atom. The van der Waals surface area contributed by atoms with E-state index in [4.69, 9.17) is 28.6 Å². The molecule has 1 amide bonds. The monoisotopic (exact) mass is 467 g/mol. The van der Waals surface area contributed by atoms with Crippen molar-refractivity contribution in [3.8, 4) is 16.3 Å². The zero-order valence-corrected chi connectivity index (χ0v) is 18.9. The van der Waals surface area contributed by atoms with Crippen LogP contribution in [0.25, 0.3) is 20.8 Å². The van der Waals surface area contributed by atoms with Crippen LogP contribution in [0.5, 0.6) is 5.75 Å². The van der Waals surface area contributed by atoms with Crippen LogP contribution in [0.1, 0.15) is 17.3 Å². The van der Waals surface area contributed by atoms with Gasteiger partial charge < -0.3 is 10.1 Å². The van der Waals surface area contributed by atoms with Crippen LogP contribution in [-0.4, -0.2) is 22.6 Å². The normalized spacial score (nSPS) is 10.6. The number of hydrogen-bond acceptors (Lipinski definition) is 5. The van der Waals surface area contributed by atoms with Crippen LogP contribution in [0.3, 0.4) is 0 Å². The summed E-state index contributed by atoms with van der Waals surface area (Å²) in [5.41, 5.74) is 2.91. The van der Waals surface area contributed by atoms with Crippen molar-refractivity contribution in [2.75, 3.05) is 11.9 Å². The molecule has 1 heterocycles. The standard InChI is InChI=1S/C23H18ClN3O2S2/c1-2-29-16-7-5-6-14(12-16)21(28)27-23(30)25-15-10-11-17(18(24)13-15)22-26-19-8-3-4-9-20(19)31-22/h3-13H,2H2,1H3,(H2,25,27,28,30). The van der Waals surface area contributed by atoms with Gasteiger partial charge in [0, 0.05) is 16.8 Å². The molecule has 156 valence electrons. The molecule has 0 radical (unpaired) electrons. The summed E-state index contributed by atoms with van der Waals surface area (Å²) in [7, 11) is 0. The molecule has 5 nitrogen and oxygen atoms in total. The summed E-state index contributed by atoms with van der Waals surface area (Å²) in [6.07, 6.45) is 0. The number of aromatic nitrogens is 1. The number of benzene rings is 3. The number of thiocarbonyl (C=S) groups is 1. The molecule has 0 aliphatic heterocycles. The Kier molecular flexibility index (Phi) is 6.46. The lowest BCUT2D eigenvalue weighted by molar-refractivity contribution is 0.0977. The average Bonchev–Trinajstić information content (AvgIpc) is 3.18. The molecular weight excluding hydrogens is 450 g/mol. The first-order chi connectivity index (χ1) is 15.0. The van der Waals surface area contributed by atoms with Crippen molar-refractivity contribution in [2.45, 2.75) is 6.92 Å². The Labute approximate surface area is 194 Å². The van der Waals surface area contributed by atoms with Crippen LogP contribution >= 0.6 is 35.2 Å². The molecule has 0 atom stereocenters. The summed E-state index contributed by atoms with van der Waals surface area (Å²) in [5, 5.41) is 7.24. The third-order valence-corrected chi connectivity index (χ3v) is 5.97. The second-order valence-corrected chi connectivity index (χ2v) is 8.40. The number of thiazole rings is 1. The molecule has 0 saturated heterocycles. The summed E-state index contributed by atoms with van der Waals surface area (Å²) in [6, 6.07) is 20.4. The summed E-state index contributed by atoms with van der Waals surface area (Å²) in [5.74, 6) is 0.308. The van der Waals surface area contributed by atoms with E-state index in [2.05, 4.69) is 15.6 Å². The smallest absolute Gasteiger partial charge is 0.257 e. The molecule has 2 N–H and O–H groups in total. The number of para-hydroxylation sites is 1. The van der Waals surface area contributed by atoms with Crippen molar-refractivity contribution in [2.24, 2.45) is 0 Å². The molecule has 3 aromatic carbocycles. The molecular formula is C23H18ClN3O2S2. The van der Waals surface area contributed by atoms with Gasteiger partial charge >= 0.3 is 0 Å². The van der Waals surface area contributed by atoms with E-state index in [0.717, 1.165) is 20.8 Å². The fourth-order valence-electron chi connectivity index (χ4n) is 2.99. The van der Waals surface area contributed by atoms with Crippen molar-refractivity contribution < 1.29 is 9.53 Å². The minimum absolute atomic E-state index is 0.176. The van der Waals surface area contributed by atoms with Crippen molar-refractivity contribution in [1.29, 1.82) is 0 Å². The number of rotatable bonds is 5. The predicted molar refractivity (Wildman–Crippen MR) is 131 cm³/mol. The fourth-order valence-corrected chi connectivity index (χ4v) is 4.53. The van der Waals surface area contributed by atoms with Gasteiger partial charge in [-0.25, -0.2) is 4.98 Å². The van der Waals surface area contributed by atoms with Gasteiger partial charge in [-0.2, -0.15) is 0 Å². The summed E-state index contributed by atoms with van der Waals surface area (Å²) < 4.78 is 6.53. The number of carbonyl (C=O) groups excluding carboxylic acids is 1. The third kappa shape index (κ3) is 5.02. The van der Waals surface area contributed by atoms with Gasteiger partial charge in [-0.05, 0) is 67.7 Å². The van der Waals surface area contributed by atoms with Gasteiger partial charge in [-0.15, -0.1) is 11.3 Å². The summed E-state index contributed by atoms with van der Waals surface area (Å²) >= 11 is 13.4. The van der Waals surface area contributed by atoms with Crippen LogP contribution in [0.15, 0.2) is 66.7 Å². The van der Waals surface area contributed by atoms with Crippen LogP contribution < -0.4 is 15.4 Å². The van der Waals surface area contributed by atoms with Crippen molar-refractivity contribution in [1.82, 2.24) is 10.3 Å². The SMILES string of the molecule is CCOc1cccc(C(=O)NC(=S)Nc2ccc(-c3nc4ccccc4s3)c(Cl)c2)c1. The van der Waals surface area contributed by atoms with Crippen LogP contribution in [0.2, 0.25) is 5.02 Å². The highest BCUT2D eigenvalue weighted by Crippen LogP contribution is 2.35. The highest BCUT2D eigenvalue weighted by atomic mass is 35.5. The Morgan fingerprint density at radius 1 is 1.13 bits per heavy atom. The van der Waals surface area contributed by atoms with Gasteiger partial charge in [-0.1, -0.05) is 29.8 Å². The Morgan fingerprint density at radius 3 is 2.74 bits per heavy atom. The first kappa shape index (κ1) is 21.2. The zero-order chi connectivity index (χ0) is 21.8. The number of fused-ring (bicyclic) bond motifs is 1. The molecule has 4 rings (SSSR count).